The Bertz CT molecular complexity index is 1070. The van der Waals surface area contributed by atoms with Crippen molar-refractivity contribution in [1.82, 2.24) is 14.8 Å². The molecule has 0 saturated heterocycles. The predicted octanol–water partition coefficient (Wildman–Crippen LogP) is 4.23. The summed E-state index contributed by atoms with van der Waals surface area (Å²) in [6, 6.07) is 12.7. The fourth-order valence-electron chi connectivity index (χ4n) is 2.72. The monoisotopic (exact) mass is 429 g/mol. The van der Waals surface area contributed by atoms with Crippen molar-refractivity contribution in [3.8, 4) is 5.69 Å². The van der Waals surface area contributed by atoms with Crippen LogP contribution in [0.25, 0.3) is 5.69 Å². The van der Waals surface area contributed by atoms with Gasteiger partial charge in [-0.1, -0.05) is 35.5 Å². The maximum Gasteiger partial charge on any atom is 0.234 e. The fourth-order valence-corrected chi connectivity index (χ4v) is 3.69. The molecule has 3 rings (SSSR count). The summed E-state index contributed by atoms with van der Waals surface area (Å²) < 4.78 is 1.84. The minimum atomic E-state index is -0.167. The van der Waals surface area contributed by atoms with Crippen molar-refractivity contribution in [3.05, 3.63) is 58.9 Å². The normalized spacial score (nSPS) is 10.6. The molecule has 0 aliphatic carbocycles. The summed E-state index contributed by atoms with van der Waals surface area (Å²) in [6.07, 6.45) is 0. The number of hydrogen-bond donors (Lipinski definition) is 2. The van der Waals surface area contributed by atoms with Gasteiger partial charge < -0.3 is 10.6 Å². The van der Waals surface area contributed by atoms with Gasteiger partial charge in [-0.25, -0.2) is 0 Å². The first-order valence-electron chi connectivity index (χ1n) is 8.83. The molecule has 150 valence electrons. The molecule has 0 bridgehead atoms. The number of hydrogen-bond acceptors (Lipinski definition) is 5. The van der Waals surface area contributed by atoms with Crippen LogP contribution in [0.2, 0.25) is 5.02 Å². The average molecular weight is 430 g/mol. The van der Waals surface area contributed by atoms with E-state index in [1.165, 1.54) is 18.7 Å². The van der Waals surface area contributed by atoms with E-state index in [9.17, 15) is 9.59 Å². The summed E-state index contributed by atoms with van der Waals surface area (Å²) in [6.45, 7) is 5.14. The number of halogens is 1. The Kier molecular flexibility index (Phi) is 6.56. The molecule has 0 fully saturated rings. The van der Waals surface area contributed by atoms with Crippen molar-refractivity contribution in [2.24, 2.45) is 0 Å². The van der Waals surface area contributed by atoms with Crippen molar-refractivity contribution < 1.29 is 9.59 Å². The number of anilines is 2. The molecule has 2 aromatic carbocycles. The van der Waals surface area contributed by atoms with Crippen molar-refractivity contribution >= 4 is 46.6 Å². The smallest absolute Gasteiger partial charge is 0.234 e. The largest absolute Gasteiger partial charge is 0.326 e. The predicted molar refractivity (Wildman–Crippen MR) is 116 cm³/mol. The molecule has 0 radical (unpaired) electrons. The maximum absolute atomic E-state index is 12.4. The Hall–Kier alpha value is -2.84. The van der Waals surface area contributed by atoms with E-state index in [0.29, 0.717) is 27.4 Å². The van der Waals surface area contributed by atoms with Gasteiger partial charge >= 0.3 is 0 Å². The van der Waals surface area contributed by atoms with Crippen LogP contribution >= 0.6 is 23.4 Å². The Labute approximate surface area is 177 Å². The first kappa shape index (κ1) is 20.9. The van der Waals surface area contributed by atoms with Crippen LogP contribution in [0.15, 0.2) is 47.6 Å². The van der Waals surface area contributed by atoms with Crippen molar-refractivity contribution in [1.29, 1.82) is 0 Å². The highest BCUT2D eigenvalue weighted by Crippen LogP contribution is 2.25. The van der Waals surface area contributed by atoms with Gasteiger partial charge in [0.1, 0.15) is 5.82 Å². The van der Waals surface area contributed by atoms with Gasteiger partial charge in [-0.15, -0.1) is 10.2 Å². The lowest BCUT2D eigenvalue weighted by molar-refractivity contribution is -0.114. The molecule has 2 amide bonds. The van der Waals surface area contributed by atoms with Crippen molar-refractivity contribution in [2.75, 3.05) is 16.4 Å². The highest BCUT2D eigenvalue weighted by molar-refractivity contribution is 7.99. The van der Waals surface area contributed by atoms with E-state index in [1.54, 1.807) is 18.2 Å². The van der Waals surface area contributed by atoms with Crippen LogP contribution < -0.4 is 10.6 Å². The van der Waals surface area contributed by atoms with E-state index < -0.39 is 0 Å². The highest BCUT2D eigenvalue weighted by Gasteiger charge is 2.15. The number of benzene rings is 2. The summed E-state index contributed by atoms with van der Waals surface area (Å²) in [4.78, 5) is 23.7. The summed E-state index contributed by atoms with van der Waals surface area (Å²) in [5.74, 6) is 0.526. The number of carbonyl (C=O) groups excluding carboxylic acids is 2. The number of amides is 2. The van der Waals surface area contributed by atoms with Gasteiger partial charge in [0.25, 0.3) is 0 Å². The molecular weight excluding hydrogens is 410 g/mol. The number of carbonyl (C=O) groups is 2. The molecule has 3 aromatic rings. The summed E-state index contributed by atoms with van der Waals surface area (Å²) >= 11 is 7.38. The number of aromatic nitrogens is 3. The second kappa shape index (κ2) is 9.11. The Morgan fingerprint density at radius 1 is 1.10 bits per heavy atom. The Balaban J connectivity index is 1.74. The third kappa shape index (κ3) is 5.16. The average Bonchev–Trinajstić information content (AvgIpc) is 3.04. The van der Waals surface area contributed by atoms with Crippen LogP contribution in [0.4, 0.5) is 11.4 Å². The summed E-state index contributed by atoms with van der Waals surface area (Å²) in [5.41, 5.74) is 2.98. The molecule has 0 unspecified atom stereocenters. The zero-order valence-corrected chi connectivity index (χ0v) is 17.8. The molecule has 0 aliphatic rings. The molecular formula is C20H20ClN5O2S. The number of thioether (sulfide) groups is 1. The fraction of sp³-hybridized carbons (Fsp3) is 0.200. The van der Waals surface area contributed by atoms with Gasteiger partial charge in [0.05, 0.1) is 11.4 Å². The van der Waals surface area contributed by atoms with Crippen LogP contribution in [-0.2, 0) is 9.59 Å². The van der Waals surface area contributed by atoms with E-state index in [-0.39, 0.29) is 17.6 Å². The van der Waals surface area contributed by atoms with Gasteiger partial charge in [-0.2, -0.15) is 0 Å². The molecule has 29 heavy (non-hydrogen) atoms. The summed E-state index contributed by atoms with van der Waals surface area (Å²) in [7, 11) is 0. The first-order valence-corrected chi connectivity index (χ1v) is 10.2. The number of nitrogens with zero attached hydrogens (tertiary/aromatic N) is 3. The molecule has 2 N–H and O–H groups in total. The standard InChI is InChI=1S/C20H20ClN5O2S/c1-12-17(21)8-5-9-18(12)23-19(28)11-29-20-25-24-13(2)26(20)16-7-4-6-15(10-16)22-14(3)27/h4-10H,11H2,1-3H3,(H,22,27)(H,23,28). The minimum absolute atomic E-state index is 0.148. The van der Waals surface area contributed by atoms with Gasteiger partial charge in [-0.05, 0) is 49.7 Å². The van der Waals surface area contributed by atoms with E-state index >= 15 is 0 Å². The second-order valence-electron chi connectivity index (χ2n) is 6.35. The van der Waals surface area contributed by atoms with E-state index in [4.69, 9.17) is 11.6 Å². The Morgan fingerprint density at radius 2 is 1.86 bits per heavy atom. The van der Waals surface area contributed by atoms with E-state index in [0.717, 1.165) is 11.3 Å². The molecule has 0 atom stereocenters. The zero-order valence-electron chi connectivity index (χ0n) is 16.2. The van der Waals surface area contributed by atoms with Gasteiger partial charge in [0.2, 0.25) is 11.8 Å². The van der Waals surface area contributed by atoms with Crippen molar-refractivity contribution in [2.45, 2.75) is 25.9 Å². The highest BCUT2D eigenvalue weighted by atomic mass is 35.5. The number of nitrogens with one attached hydrogen (secondary N) is 2. The number of aryl methyl sites for hydroxylation is 1. The third-order valence-electron chi connectivity index (χ3n) is 4.09. The molecule has 7 nitrogen and oxygen atoms in total. The van der Waals surface area contributed by atoms with Crippen LogP contribution in [-0.4, -0.2) is 32.3 Å². The topological polar surface area (TPSA) is 88.9 Å². The lowest BCUT2D eigenvalue weighted by atomic mass is 10.2. The maximum atomic E-state index is 12.4. The Morgan fingerprint density at radius 3 is 2.62 bits per heavy atom. The molecule has 1 aromatic heterocycles. The molecule has 9 heteroatoms. The quantitative estimate of drug-likeness (QED) is 0.572. The van der Waals surface area contributed by atoms with E-state index in [1.807, 2.05) is 42.7 Å². The molecule has 0 aliphatic heterocycles. The van der Waals surface area contributed by atoms with Crippen LogP contribution in [0, 0.1) is 13.8 Å². The van der Waals surface area contributed by atoms with Crippen LogP contribution in [0.5, 0.6) is 0 Å². The number of rotatable bonds is 6. The SMILES string of the molecule is CC(=O)Nc1cccc(-n2c(C)nnc2SCC(=O)Nc2cccc(Cl)c2C)c1. The van der Waals surface area contributed by atoms with Crippen molar-refractivity contribution in [3.63, 3.8) is 0 Å². The van der Waals surface area contributed by atoms with Gasteiger partial charge in [0.15, 0.2) is 5.16 Å². The molecule has 0 saturated carbocycles. The summed E-state index contributed by atoms with van der Waals surface area (Å²) in [5, 5.41) is 15.1. The lowest BCUT2D eigenvalue weighted by Crippen LogP contribution is -2.15. The first-order chi connectivity index (χ1) is 13.8. The van der Waals surface area contributed by atoms with Gasteiger partial charge in [-0.3, -0.25) is 14.2 Å². The van der Waals surface area contributed by atoms with E-state index in [2.05, 4.69) is 20.8 Å². The molecule has 1 heterocycles. The van der Waals surface area contributed by atoms with Gasteiger partial charge in [0, 0.05) is 23.3 Å². The molecule has 0 spiro atoms. The second-order valence-corrected chi connectivity index (χ2v) is 7.70. The zero-order chi connectivity index (χ0) is 21.0. The van der Waals surface area contributed by atoms with Crippen LogP contribution in [0.1, 0.15) is 18.3 Å². The minimum Gasteiger partial charge on any atom is -0.326 e. The lowest BCUT2D eigenvalue weighted by Gasteiger charge is -2.11. The third-order valence-corrected chi connectivity index (χ3v) is 5.43. The van der Waals surface area contributed by atoms with Crippen LogP contribution in [0.3, 0.4) is 0 Å².